The fraction of sp³-hybridized carbons (Fsp3) is 0.267. The molecule has 5 nitrogen and oxygen atoms in total. The molecule has 200 valence electrons. The van der Waals surface area contributed by atoms with Gasteiger partial charge in [0.15, 0.2) is 0 Å². The van der Waals surface area contributed by atoms with E-state index in [1.807, 2.05) is 31.2 Å². The second kappa shape index (κ2) is 14.0. The fourth-order valence-electron chi connectivity index (χ4n) is 3.82. The number of nitrogens with zero attached hydrogens (tertiary/aromatic N) is 1. The molecule has 0 saturated carbocycles. The summed E-state index contributed by atoms with van der Waals surface area (Å²) in [5.74, 6) is -1.40. The van der Waals surface area contributed by atoms with E-state index < -0.39 is 17.7 Å². The van der Waals surface area contributed by atoms with Gasteiger partial charge in [-0.25, -0.2) is 13.8 Å². The monoisotopic (exact) mass is 539 g/mol. The summed E-state index contributed by atoms with van der Waals surface area (Å²) >= 11 is 6.31. The predicted molar refractivity (Wildman–Crippen MR) is 148 cm³/mol. The summed E-state index contributed by atoms with van der Waals surface area (Å²) in [6.45, 7) is 6.92. The highest BCUT2D eigenvalue weighted by atomic mass is 35.5. The van der Waals surface area contributed by atoms with E-state index in [1.165, 1.54) is 23.3 Å². The first-order valence-corrected chi connectivity index (χ1v) is 12.8. The van der Waals surface area contributed by atoms with Crippen LogP contribution >= 0.6 is 11.6 Å². The van der Waals surface area contributed by atoms with Gasteiger partial charge in [0, 0.05) is 31.1 Å². The minimum absolute atomic E-state index is 0.131. The molecule has 1 unspecified atom stereocenters. The van der Waals surface area contributed by atoms with Crippen LogP contribution in [0.5, 0.6) is 0 Å². The molecule has 0 saturated heterocycles. The number of benzene rings is 3. The van der Waals surface area contributed by atoms with Gasteiger partial charge < -0.3 is 15.7 Å². The number of aliphatic hydroxyl groups is 1. The number of carbonyl (C=O) groups excluding carboxylic acids is 1. The lowest BCUT2D eigenvalue weighted by atomic mass is 10.1. The zero-order chi connectivity index (χ0) is 27.7. The van der Waals surface area contributed by atoms with Gasteiger partial charge in [-0.15, -0.1) is 0 Å². The maximum absolute atomic E-state index is 12.4. The molecule has 0 aliphatic rings. The first-order chi connectivity index (χ1) is 18.1. The van der Waals surface area contributed by atoms with Gasteiger partial charge >= 0.3 is 0 Å². The van der Waals surface area contributed by atoms with E-state index >= 15 is 0 Å². The molecule has 4 rings (SSSR count). The second-order valence-corrected chi connectivity index (χ2v) is 9.53. The zero-order valence-corrected chi connectivity index (χ0v) is 22.4. The number of hydrogen-bond acceptors (Lipinski definition) is 4. The van der Waals surface area contributed by atoms with E-state index in [-0.39, 0.29) is 18.1 Å². The molecule has 3 aromatic carbocycles. The molecular formula is C30H32ClF2N3O2. The average molecular weight is 540 g/mol. The molecule has 0 spiro atoms. The SMILES string of the molecule is CCc1cccc(CNCC(O)CNC(=O)c2cc(Cl)c3cc(C)ccc3n2)c1.Cc1cc(F)cc(F)c1. The summed E-state index contributed by atoms with van der Waals surface area (Å²) in [6.07, 6.45) is 0.293. The van der Waals surface area contributed by atoms with Crippen LogP contribution < -0.4 is 10.6 Å². The summed E-state index contributed by atoms with van der Waals surface area (Å²) in [6, 6.07) is 19.0. The van der Waals surface area contributed by atoms with Gasteiger partial charge in [-0.05, 0) is 67.3 Å². The Kier molecular flexibility index (Phi) is 10.7. The van der Waals surface area contributed by atoms with Crippen LogP contribution in [0.15, 0.2) is 66.7 Å². The first-order valence-electron chi connectivity index (χ1n) is 12.4. The molecule has 1 heterocycles. The number of aryl methyl sites for hydroxylation is 3. The highest BCUT2D eigenvalue weighted by molar-refractivity contribution is 6.35. The van der Waals surface area contributed by atoms with Crippen molar-refractivity contribution in [2.75, 3.05) is 13.1 Å². The van der Waals surface area contributed by atoms with Gasteiger partial charge in [-0.1, -0.05) is 54.4 Å². The Hall–Kier alpha value is -3.39. The summed E-state index contributed by atoms with van der Waals surface area (Å²) in [4.78, 5) is 16.8. The molecule has 1 amide bonds. The van der Waals surface area contributed by atoms with Crippen LogP contribution in [0, 0.1) is 25.5 Å². The van der Waals surface area contributed by atoms with Gasteiger partial charge in [0.1, 0.15) is 17.3 Å². The van der Waals surface area contributed by atoms with E-state index in [2.05, 4.69) is 40.7 Å². The van der Waals surface area contributed by atoms with Crippen LogP contribution in [0.1, 0.15) is 39.7 Å². The third-order valence-electron chi connectivity index (χ3n) is 5.76. The largest absolute Gasteiger partial charge is 0.390 e. The molecular weight excluding hydrogens is 508 g/mol. The molecule has 1 atom stereocenters. The van der Waals surface area contributed by atoms with Gasteiger partial charge in [-0.2, -0.15) is 0 Å². The van der Waals surface area contributed by atoms with E-state index in [0.29, 0.717) is 29.2 Å². The third kappa shape index (κ3) is 8.87. The molecule has 0 bridgehead atoms. The van der Waals surface area contributed by atoms with Crippen molar-refractivity contribution in [2.45, 2.75) is 39.8 Å². The highest BCUT2D eigenvalue weighted by Gasteiger charge is 2.13. The van der Waals surface area contributed by atoms with E-state index in [9.17, 15) is 18.7 Å². The fourth-order valence-corrected chi connectivity index (χ4v) is 4.08. The van der Waals surface area contributed by atoms with Gasteiger partial charge in [0.05, 0.1) is 16.6 Å². The van der Waals surface area contributed by atoms with Crippen molar-refractivity contribution in [1.82, 2.24) is 15.6 Å². The van der Waals surface area contributed by atoms with Gasteiger partial charge in [0.2, 0.25) is 0 Å². The van der Waals surface area contributed by atoms with E-state index in [0.717, 1.165) is 23.4 Å². The van der Waals surface area contributed by atoms with Crippen LogP contribution in [0.2, 0.25) is 5.02 Å². The van der Waals surface area contributed by atoms with Crippen LogP contribution in [-0.2, 0) is 13.0 Å². The van der Waals surface area contributed by atoms with Crippen molar-refractivity contribution in [1.29, 1.82) is 0 Å². The van der Waals surface area contributed by atoms with Crippen LogP contribution in [0.4, 0.5) is 8.78 Å². The number of carbonyl (C=O) groups is 1. The quantitative estimate of drug-likeness (QED) is 0.260. The number of aliphatic hydroxyl groups excluding tert-OH is 1. The van der Waals surface area contributed by atoms with E-state index in [1.54, 1.807) is 13.0 Å². The lowest BCUT2D eigenvalue weighted by molar-refractivity contribution is 0.0910. The summed E-state index contributed by atoms with van der Waals surface area (Å²) in [5, 5.41) is 17.4. The first kappa shape index (κ1) is 29.2. The number of pyridine rings is 1. The predicted octanol–water partition coefficient (Wildman–Crippen LogP) is 5.91. The minimum Gasteiger partial charge on any atom is -0.390 e. The number of rotatable bonds is 8. The molecule has 1 aromatic heterocycles. The molecule has 8 heteroatoms. The molecule has 3 N–H and O–H groups in total. The summed E-state index contributed by atoms with van der Waals surface area (Å²) < 4.78 is 24.4. The standard InChI is InChI=1S/C23H26ClN3O2.C7H6F2/c1-3-16-5-4-6-17(10-16)12-25-13-18(28)14-26-23(29)22-11-20(24)19-9-15(2)7-8-21(19)27-22;1-5-2-6(8)4-7(9)3-5/h4-11,18,25,28H,3,12-14H2,1-2H3,(H,26,29);2-4H,1H3. The molecule has 0 aliphatic heterocycles. The maximum atomic E-state index is 12.4. The van der Waals surface area contributed by atoms with Crippen LogP contribution in [0.3, 0.4) is 0 Å². The lowest BCUT2D eigenvalue weighted by Crippen LogP contribution is -2.38. The normalized spacial score (nSPS) is 11.6. The Bertz CT molecular complexity index is 1350. The van der Waals surface area contributed by atoms with Crippen molar-refractivity contribution in [3.8, 4) is 0 Å². The Morgan fingerprint density at radius 3 is 2.34 bits per heavy atom. The van der Waals surface area contributed by atoms with Gasteiger partial charge in [-0.3, -0.25) is 4.79 Å². The molecule has 0 aliphatic carbocycles. The summed E-state index contributed by atoms with van der Waals surface area (Å²) in [7, 11) is 0. The Morgan fingerprint density at radius 2 is 1.66 bits per heavy atom. The van der Waals surface area contributed by atoms with Crippen molar-refractivity contribution >= 4 is 28.4 Å². The average Bonchev–Trinajstić information content (AvgIpc) is 2.87. The van der Waals surface area contributed by atoms with Crippen molar-refractivity contribution in [3.63, 3.8) is 0 Å². The molecule has 0 fully saturated rings. The Labute approximate surface area is 226 Å². The Balaban J connectivity index is 0.000000375. The maximum Gasteiger partial charge on any atom is 0.270 e. The van der Waals surface area contributed by atoms with E-state index in [4.69, 9.17) is 11.6 Å². The van der Waals surface area contributed by atoms with Crippen molar-refractivity contribution in [3.05, 3.63) is 111 Å². The van der Waals surface area contributed by atoms with Gasteiger partial charge in [0.25, 0.3) is 5.91 Å². The number of hydrogen-bond donors (Lipinski definition) is 3. The lowest BCUT2D eigenvalue weighted by Gasteiger charge is -2.13. The molecule has 0 radical (unpaired) electrons. The smallest absolute Gasteiger partial charge is 0.270 e. The number of aromatic nitrogens is 1. The Morgan fingerprint density at radius 1 is 0.947 bits per heavy atom. The van der Waals surface area contributed by atoms with Crippen LogP contribution in [0.25, 0.3) is 10.9 Å². The highest BCUT2D eigenvalue weighted by Crippen LogP contribution is 2.24. The van der Waals surface area contributed by atoms with Crippen molar-refractivity contribution in [2.24, 2.45) is 0 Å². The number of amides is 1. The van der Waals surface area contributed by atoms with Crippen LogP contribution in [-0.4, -0.2) is 35.2 Å². The minimum atomic E-state index is -0.702. The zero-order valence-electron chi connectivity index (χ0n) is 21.7. The number of nitrogens with one attached hydrogen (secondary N) is 2. The summed E-state index contributed by atoms with van der Waals surface area (Å²) in [5.41, 5.74) is 5.05. The second-order valence-electron chi connectivity index (χ2n) is 9.12. The molecule has 38 heavy (non-hydrogen) atoms. The third-order valence-corrected chi connectivity index (χ3v) is 6.07. The van der Waals surface area contributed by atoms with Crippen molar-refractivity contribution < 1.29 is 18.7 Å². The number of fused-ring (bicyclic) bond motifs is 1. The number of halogens is 3. The molecule has 4 aromatic rings. The topological polar surface area (TPSA) is 74.2 Å².